The Kier molecular flexibility index (Phi) is 9.39. The fourth-order valence-corrected chi connectivity index (χ4v) is 8.16. The summed E-state index contributed by atoms with van der Waals surface area (Å²) in [6.07, 6.45) is 9.76. The molecule has 4 saturated carbocycles. The second-order valence-electron chi connectivity index (χ2n) is 12.3. The first kappa shape index (κ1) is 30.4. The zero-order valence-electron chi connectivity index (χ0n) is 24.9. The number of hydrogen-bond acceptors (Lipinski definition) is 6. The lowest BCUT2D eigenvalue weighted by Crippen LogP contribution is -2.48. The third-order valence-corrected chi connectivity index (χ3v) is 9.94. The molecule has 3 aromatic carbocycles. The molecular formula is C35H38IN3O5. The zero-order valence-corrected chi connectivity index (χ0v) is 27.0. The van der Waals surface area contributed by atoms with E-state index < -0.39 is 0 Å². The van der Waals surface area contributed by atoms with Crippen molar-refractivity contribution in [2.75, 3.05) is 25.1 Å². The quantitative estimate of drug-likeness (QED) is 0.124. The lowest BCUT2D eigenvalue weighted by molar-refractivity contribution is -0.123. The summed E-state index contributed by atoms with van der Waals surface area (Å²) in [4.78, 5) is 24.9. The predicted molar refractivity (Wildman–Crippen MR) is 178 cm³/mol. The van der Waals surface area contributed by atoms with E-state index in [0.717, 1.165) is 27.0 Å². The number of rotatable bonds is 12. The molecule has 0 atom stereocenters. The highest BCUT2D eigenvalue weighted by Gasteiger charge is 2.51. The van der Waals surface area contributed by atoms with Crippen LogP contribution in [0.1, 0.15) is 56.6 Å². The van der Waals surface area contributed by atoms with Crippen molar-refractivity contribution >= 4 is 46.3 Å². The number of hydrogen-bond donors (Lipinski definition) is 2. The largest absolute Gasteiger partial charge is 0.490 e. The number of carbonyl (C=O) groups excluding carboxylic acids is 2. The van der Waals surface area contributed by atoms with Gasteiger partial charge in [-0.3, -0.25) is 9.59 Å². The van der Waals surface area contributed by atoms with Crippen molar-refractivity contribution in [2.45, 2.75) is 50.9 Å². The minimum absolute atomic E-state index is 0.150. The van der Waals surface area contributed by atoms with Crippen molar-refractivity contribution in [3.63, 3.8) is 0 Å². The Morgan fingerprint density at radius 3 is 2.18 bits per heavy atom. The first-order valence-corrected chi connectivity index (χ1v) is 16.5. The lowest BCUT2D eigenvalue weighted by atomic mass is 9.48. The molecule has 0 aliphatic heterocycles. The molecule has 0 saturated heterocycles. The molecule has 4 aliphatic rings. The normalized spacial score (nSPS) is 23.4. The van der Waals surface area contributed by atoms with E-state index in [2.05, 4.69) is 50.6 Å². The van der Waals surface area contributed by atoms with Gasteiger partial charge in [-0.25, -0.2) is 5.43 Å². The fourth-order valence-electron chi connectivity index (χ4n) is 7.62. The molecule has 2 N–H and O–H groups in total. The van der Waals surface area contributed by atoms with E-state index in [1.165, 1.54) is 50.3 Å². The number of halogens is 1. The van der Waals surface area contributed by atoms with E-state index in [1.807, 2.05) is 37.3 Å². The van der Waals surface area contributed by atoms with Crippen LogP contribution < -0.4 is 25.0 Å². The Morgan fingerprint density at radius 2 is 1.50 bits per heavy atom. The van der Waals surface area contributed by atoms with Gasteiger partial charge in [0.2, 0.25) is 0 Å². The van der Waals surface area contributed by atoms with Crippen LogP contribution in [0, 0.1) is 21.3 Å². The van der Waals surface area contributed by atoms with Gasteiger partial charge in [-0.15, -0.1) is 0 Å². The molecule has 2 amide bonds. The van der Waals surface area contributed by atoms with Gasteiger partial charge in [-0.1, -0.05) is 24.3 Å². The maximum absolute atomic E-state index is 12.7. The number of benzene rings is 3. The monoisotopic (exact) mass is 707 g/mol. The summed E-state index contributed by atoms with van der Waals surface area (Å²) in [5.74, 6) is 3.66. The van der Waals surface area contributed by atoms with Crippen LogP contribution in [-0.4, -0.2) is 37.8 Å². The second kappa shape index (κ2) is 13.6. The molecule has 0 unspecified atom stereocenters. The molecule has 7 rings (SSSR count). The van der Waals surface area contributed by atoms with Gasteiger partial charge in [0.25, 0.3) is 11.8 Å². The number of ether oxygens (including phenoxy) is 3. The summed E-state index contributed by atoms with van der Waals surface area (Å²) in [6, 6.07) is 21.2. The van der Waals surface area contributed by atoms with Crippen molar-refractivity contribution in [1.29, 1.82) is 0 Å². The Balaban J connectivity index is 0.992. The standard InChI is InChI=1S/C35H38IN3O5/c1-2-42-32-16-23(20-37-39-34(41)22-43-30-6-4-3-5-29(30)36)7-12-31(32)44-21-33(40)38-28-10-8-27(9-11-28)35-17-24-13-25(18-35)15-26(14-24)19-35/h3-12,16,20,24-26H,2,13-15,17-19,21-22H2,1H3,(H,38,40)(H,39,41)/b37-20+. The number of carbonyl (C=O) groups is 2. The van der Waals surface area contributed by atoms with Crippen molar-refractivity contribution in [1.82, 2.24) is 5.43 Å². The zero-order chi connectivity index (χ0) is 30.5. The highest BCUT2D eigenvalue weighted by Crippen LogP contribution is 2.60. The van der Waals surface area contributed by atoms with Gasteiger partial charge in [0.05, 0.1) is 16.4 Å². The molecule has 230 valence electrons. The molecule has 4 fully saturated rings. The van der Waals surface area contributed by atoms with Gasteiger partial charge in [-0.2, -0.15) is 5.10 Å². The van der Waals surface area contributed by atoms with E-state index in [4.69, 9.17) is 14.2 Å². The summed E-state index contributed by atoms with van der Waals surface area (Å²) in [5, 5.41) is 6.98. The first-order valence-electron chi connectivity index (χ1n) is 15.4. The van der Waals surface area contributed by atoms with Crippen LogP contribution in [0.3, 0.4) is 0 Å². The van der Waals surface area contributed by atoms with E-state index in [-0.39, 0.29) is 25.0 Å². The minimum Gasteiger partial charge on any atom is -0.490 e. The number of nitrogens with one attached hydrogen (secondary N) is 2. The summed E-state index contributed by atoms with van der Waals surface area (Å²) in [5.41, 5.74) is 5.71. The molecule has 9 heteroatoms. The molecule has 0 heterocycles. The number of hydrazone groups is 1. The van der Waals surface area contributed by atoms with Gasteiger partial charge >= 0.3 is 0 Å². The molecule has 0 spiro atoms. The molecular weight excluding hydrogens is 669 g/mol. The average molecular weight is 708 g/mol. The van der Waals surface area contributed by atoms with Crippen LogP contribution in [0.15, 0.2) is 71.8 Å². The number of anilines is 1. The number of para-hydroxylation sites is 1. The third kappa shape index (κ3) is 7.20. The fraction of sp³-hybridized carbons (Fsp3) is 0.400. The van der Waals surface area contributed by atoms with Crippen LogP contribution >= 0.6 is 22.6 Å². The van der Waals surface area contributed by atoms with Gasteiger partial charge in [0, 0.05) is 5.69 Å². The van der Waals surface area contributed by atoms with Gasteiger partial charge in [0.15, 0.2) is 24.7 Å². The van der Waals surface area contributed by atoms with Crippen LogP contribution in [0.4, 0.5) is 5.69 Å². The highest BCUT2D eigenvalue weighted by molar-refractivity contribution is 14.1. The summed E-state index contributed by atoms with van der Waals surface area (Å²) >= 11 is 2.15. The molecule has 3 aromatic rings. The van der Waals surface area contributed by atoms with Gasteiger partial charge in [-0.05, 0) is 145 Å². The SMILES string of the molecule is CCOc1cc(/C=N/NC(=O)COc2ccccc2I)ccc1OCC(=O)Nc1ccc(C23CC4CC(CC(C4)C2)C3)cc1. The van der Waals surface area contributed by atoms with Crippen molar-refractivity contribution < 1.29 is 23.8 Å². The topological polar surface area (TPSA) is 98.2 Å². The van der Waals surface area contributed by atoms with E-state index in [0.29, 0.717) is 34.8 Å². The number of amides is 2. The Morgan fingerprint density at radius 1 is 0.841 bits per heavy atom. The molecule has 44 heavy (non-hydrogen) atoms. The average Bonchev–Trinajstić information content (AvgIpc) is 3.00. The van der Waals surface area contributed by atoms with Crippen LogP contribution in [-0.2, 0) is 15.0 Å². The molecule has 0 radical (unpaired) electrons. The van der Waals surface area contributed by atoms with Gasteiger partial charge in [0.1, 0.15) is 5.75 Å². The molecule has 4 bridgehead atoms. The lowest BCUT2D eigenvalue weighted by Gasteiger charge is -2.57. The van der Waals surface area contributed by atoms with Crippen molar-refractivity contribution in [3.05, 3.63) is 81.4 Å². The summed E-state index contributed by atoms with van der Waals surface area (Å²) in [7, 11) is 0. The van der Waals surface area contributed by atoms with Crippen LogP contribution in [0.2, 0.25) is 0 Å². The third-order valence-electron chi connectivity index (χ3n) is 9.04. The van der Waals surface area contributed by atoms with E-state index >= 15 is 0 Å². The first-order chi connectivity index (χ1) is 21.4. The smallest absolute Gasteiger partial charge is 0.277 e. The maximum Gasteiger partial charge on any atom is 0.277 e. The van der Waals surface area contributed by atoms with Gasteiger partial charge < -0.3 is 19.5 Å². The van der Waals surface area contributed by atoms with Crippen LogP contribution in [0.25, 0.3) is 0 Å². The number of nitrogens with zero attached hydrogens (tertiary/aromatic N) is 1. The maximum atomic E-state index is 12.7. The molecule has 8 nitrogen and oxygen atoms in total. The highest BCUT2D eigenvalue weighted by atomic mass is 127. The van der Waals surface area contributed by atoms with Crippen molar-refractivity contribution in [3.8, 4) is 17.2 Å². The minimum atomic E-state index is -0.376. The van der Waals surface area contributed by atoms with Crippen molar-refractivity contribution in [2.24, 2.45) is 22.9 Å². The summed E-state index contributed by atoms with van der Waals surface area (Å²) in [6.45, 7) is 1.99. The molecule has 0 aromatic heterocycles. The Bertz CT molecular complexity index is 1490. The van der Waals surface area contributed by atoms with E-state index in [1.54, 1.807) is 24.3 Å². The predicted octanol–water partition coefficient (Wildman–Crippen LogP) is 6.70. The molecule has 4 aliphatic carbocycles. The van der Waals surface area contributed by atoms with Crippen LogP contribution in [0.5, 0.6) is 17.2 Å². The Labute approximate surface area is 272 Å². The van der Waals surface area contributed by atoms with E-state index in [9.17, 15) is 9.59 Å². The second-order valence-corrected chi connectivity index (χ2v) is 13.4. The summed E-state index contributed by atoms with van der Waals surface area (Å²) < 4.78 is 18.0. The Hall–Kier alpha value is -3.60.